The second-order valence-electron chi connectivity index (χ2n) is 8.77. The van der Waals surface area contributed by atoms with Gasteiger partial charge in [-0.25, -0.2) is 0 Å². The van der Waals surface area contributed by atoms with Crippen LogP contribution in [0.5, 0.6) is 0 Å². The monoisotopic (exact) mass is 434 g/mol. The molecule has 0 saturated heterocycles. The van der Waals surface area contributed by atoms with E-state index in [-0.39, 0.29) is 0 Å². The molecule has 0 saturated carbocycles. The van der Waals surface area contributed by atoms with Gasteiger partial charge >= 0.3 is 0 Å². The van der Waals surface area contributed by atoms with Gasteiger partial charge in [0, 0.05) is 0 Å². The number of allylic oxidation sites excluding steroid dienone is 10. The van der Waals surface area contributed by atoms with Gasteiger partial charge < -0.3 is 0 Å². The highest BCUT2D eigenvalue weighted by atomic mass is 32.2. The second kappa shape index (κ2) is 15.1. The van der Waals surface area contributed by atoms with Crippen LogP contribution in [0, 0.1) is 5.92 Å². The molecule has 31 heavy (non-hydrogen) atoms. The van der Waals surface area contributed by atoms with Crippen molar-refractivity contribution in [3.8, 4) is 0 Å². The van der Waals surface area contributed by atoms with Crippen LogP contribution in [0.15, 0.2) is 88.4 Å². The molecule has 1 aromatic carbocycles. The smallest absolute Gasteiger partial charge is 0.00202 e. The van der Waals surface area contributed by atoms with Gasteiger partial charge in [0.25, 0.3) is 0 Å². The fraction of sp³-hybridized carbons (Fsp3) is 0.467. The van der Waals surface area contributed by atoms with Gasteiger partial charge in [-0.05, 0) is 98.2 Å². The SMILES string of the molecule is CC1=CCCC=C1/C=C(\C)SCCCc1ccccc1.CCCCC1=CCC(C)C=C1. The van der Waals surface area contributed by atoms with Gasteiger partial charge in [0.15, 0.2) is 0 Å². The highest BCUT2D eigenvalue weighted by Crippen LogP contribution is 2.25. The van der Waals surface area contributed by atoms with Crippen LogP contribution in [0.4, 0.5) is 0 Å². The molecule has 2 aliphatic rings. The van der Waals surface area contributed by atoms with Gasteiger partial charge in [0.2, 0.25) is 0 Å². The van der Waals surface area contributed by atoms with Gasteiger partial charge in [0.05, 0.1) is 0 Å². The minimum Gasteiger partial charge on any atom is -0.131 e. The lowest BCUT2D eigenvalue weighted by molar-refractivity contribution is 0.714. The minimum atomic E-state index is 0.764. The highest BCUT2D eigenvalue weighted by molar-refractivity contribution is 8.03. The quantitative estimate of drug-likeness (QED) is 0.348. The second-order valence-corrected chi connectivity index (χ2v) is 10.1. The van der Waals surface area contributed by atoms with Crippen molar-refractivity contribution in [3.05, 3.63) is 94.0 Å². The first-order chi connectivity index (χ1) is 15.1. The van der Waals surface area contributed by atoms with Crippen LogP contribution in [0.25, 0.3) is 0 Å². The Morgan fingerprint density at radius 3 is 2.48 bits per heavy atom. The lowest BCUT2D eigenvalue weighted by Gasteiger charge is -2.10. The number of hydrogen-bond acceptors (Lipinski definition) is 1. The summed E-state index contributed by atoms with van der Waals surface area (Å²) in [6.07, 6.45) is 24.1. The number of unbranched alkanes of at least 4 members (excludes halogenated alkanes) is 1. The van der Waals surface area contributed by atoms with E-state index in [1.54, 1.807) is 5.57 Å². The molecule has 0 bridgehead atoms. The summed E-state index contributed by atoms with van der Waals surface area (Å²) >= 11 is 1.98. The van der Waals surface area contributed by atoms with E-state index in [0.717, 1.165) is 5.92 Å². The van der Waals surface area contributed by atoms with E-state index in [2.05, 4.69) is 94.5 Å². The van der Waals surface area contributed by atoms with E-state index in [0.29, 0.717) is 0 Å². The van der Waals surface area contributed by atoms with Crippen molar-refractivity contribution < 1.29 is 0 Å². The van der Waals surface area contributed by atoms with Gasteiger partial charge in [-0.1, -0.05) is 86.6 Å². The minimum absolute atomic E-state index is 0.764. The van der Waals surface area contributed by atoms with Crippen LogP contribution in [0.3, 0.4) is 0 Å². The average Bonchev–Trinajstić information content (AvgIpc) is 2.79. The number of rotatable bonds is 9. The fourth-order valence-corrected chi connectivity index (χ4v) is 4.56. The lowest BCUT2D eigenvalue weighted by Crippen LogP contribution is -1.94. The maximum Gasteiger partial charge on any atom is -0.00202 e. The predicted octanol–water partition coefficient (Wildman–Crippen LogP) is 9.62. The summed E-state index contributed by atoms with van der Waals surface area (Å²) in [4.78, 5) is 1.43. The van der Waals surface area contributed by atoms with Crippen LogP contribution in [-0.4, -0.2) is 5.75 Å². The summed E-state index contributed by atoms with van der Waals surface area (Å²) in [5, 5.41) is 0. The molecule has 0 nitrogen and oxygen atoms in total. The van der Waals surface area contributed by atoms with E-state index in [9.17, 15) is 0 Å². The van der Waals surface area contributed by atoms with Crippen LogP contribution >= 0.6 is 11.8 Å². The number of hydrogen-bond donors (Lipinski definition) is 0. The Balaban J connectivity index is 0.000000262. The third kappa shape index (κ3) is 10.9. The Morgan fingerprint density at radius 2 is 1.81 bits per heavy atom. The summed E-state index contributed by atoms with van der Waals surface area (Å²) in [7, 11) is 0. The molecule has 168 valence electrons. The Hall–Kier alpha value is -1.73. The third-order valence-corrected chi connectivity index (χ3v) is 6.85. The molecule has 0 N–H and O–H groups in total. The van der Waals surface area contributed by atoms with Gasteiger partial charge in [-0.2, -0.15) is 0 Å². The van der Waals surface area contributed by atoms with Crippen molar-refractivity contribution in [2.24, 2.45) is 5.92 Å². The Kier molecular flexibility index (Phi) is 12.5. The number of aryl methyl sites for hydroxylation is 1. The summed E-state index contributed by atoms with van der Waals surface area (Å²) < 4.78 is 0. The zero-order chi connectivity index (χ0) is 22.3. The van der Waals surface area contributed by atoms with Crippen LogP contribution in [0.1, 0.15) is 78.2 Å². The molecule has 0 aliphatic heterocycles. The molecule has 0 spiro atoms. The molecule has 0 fully saturated rings. The summed E-state index contributed by atoms with van der Waals surface area (Å²) in [6, 6.07) is 10.8. The molecule has 0 heterocycles. The Labute approximate surface area is 196 Å². The van der Waals surface area contributed by atoms with E-state index < -0.39 is 0 Å². The van der Waals surface area contributed by atoms with E-state index in [1.807, 2.05) is 11.8 Å². The normalized spacial score (nSPS) is 18.5. The molecule has 0 amide bonds. The summed E-state index contributed by atoms with van der Waals surface area (Å²) in [6.45, 7) is 8.96. The zero-order valence-corrected chi connectivity index (χ0v) is 21.0. The molecule has 1 unspecified atom stereocenters. The third-order valence-electron chi connectivity index (χ3n) is 5.79. The molecular weight excluding hydrogens is 392 g/mol. The Bertz CT molecular complexity index is 789. The van der Waals surface area contributed by atoms with E-state index >= 15 is 0 Å². The maximum atomic E-state index is 2.39. The molecule has 1 heteroatoms. The highest BCUT2D eigenvalue weighted by Gasteiger charge is 2.03. The molecule has 0 radical (unpaired) electrons. The lowest BCUT2D eigenvalue weighted by atomic mass is 9.96. The maximum absolute atomic E-state index is 2.39. The Morgan fingerprint density at radius 1 is 1.03 bits per heavy atom. The molecule has 3 rings (SSSR count). The number of benzene rings is 1. The predicted molar refractivity (Wildman–Crippen MR) is 143 cm³/mol. The topological polar surface area (TPSA) is 0 Å². The summed E-state index contributed by atoms with van der Waals surface area (Å²) in [5.41, 5.74) is 5.85. The standard InChI is InChI=1S/C19H24S.C11H18/c1-16-9-6-7-13-19(16)15-17(2)20-14-8-12-18-10-4-3-5-11-18;1-3-4-5-11-8-6-10(2)7-9-11/h3-5,9-11,13,15H,6-8,12,14H2,1-2H3;6,8-10H,3-5,7H2,1-2H3/b17-15+;. The molecule has 1 aromatic rings. The van der Waals surface area contributed by atoms with Crippen molar-refractivity contribution in [1.29, 1.82) is 0 Å². The van der Waals surface area contributed by atoms with Gasteiger partial charge in [-0.15, -0.1) is 11.8 Å². The first kappa shape index (κ1) is 25.5. The van der Waals surface area contributed by atoms with E-state index in [1.165, 1.54) is 78.7 Å². The van der Waals surface area contributed by atoms with E-state index in [4.69, 9.17) is 0 Å². The van der Waals surface area contributed by atoms with Crippen LogP contribution in [0.2, 0.25) is 0 Å². The van der Waals surface area contributed by atoms with Gasteiger partial charge in [-0.3, -0.25) is 0 Å². The van der Waals surface area contributed by atoms with Crippen LogP contribution in [-0.2, 0) is 6.42 Å². The van der Waals surface area contributed by atoms with Crippen molar-refractivity contribution in [2.75, 3.05) is 5.75 Å². The van der Waals surface area contributed by atoms with Crippen molar-refractivity contribution >= 4 is 11.8 Å². The molecule has 2 aliphatic carbocycles. The zero-order valence-electron chi connectivity index (χ0n) is 20.2. The van der Waals surface area contributed by atoms with Crippen molar-refractivity contribution in [1.82, 2.24) is 0 Å². The molecular formula is C30H42S. The summed E-state index contributed by atoms with van der Waals surface area (Å²) in [5.74, 6) is 1.97. The largest absolute Gasteiger partial charge is 0.131 e. The first-order valence-corrected chi connectivity index (χ1v) is 13.2. The molecule has 1 atom stereocenters. The fourth-order valence-electron chi connectivity index (χ4n) is 3.74. The van der Waals surface area contributed by atoms with Crippen molar-refractivity contribution in [2.45, 2.75) is 79.1 Å². The molecule has 0 aromatic heterocycles. The van der Waals surface area contributed by atoms with Crippen molar-refractivity contribution in [3.63, 3.8) is 0 Å². The van der Waals surface area contributed by atoms with Crippen LogP contribution < -0.4 is 0 Å². The average molecular weight is 435 g/mol. The number of thioether (sulfide) groups is 1. The van der Waals surface area contributed by atoms with Gasteiger partial charge in [0.1, 0.15) is 0 Å². The first-order valence-electron chi connectivity index (χ1n) is 12.2.